The molecular formula is C27H36N4O5. The molecule has 9 heteroatoms. The first-order valence-corrected chi connectivity index (χ1v) is 12.6. The first-order chi connectivity index (χ1) is 17.6. The zero-order valence-corrected chi connectivity index (χ0v) is 21.2. The Morgan fingerprint density at radius 3 is 2.58 bits per heavy atom. The van der Waals surface area contributed by atoms with Crippen molar-refractivity contribution in [2.75, 3.05) is 70.7 Å². The number of hydrogen-bond donors (Lipinski definition) is 0. The van der Waals surface area contributed by atoms with Gasteiger partial charge in [0.2, 0.25) is 5.88 Å². The van der Waals surface area contributed by atoms with Crippen LogP contribution in [0.3, 0.4) is 0 Å². The molecule has 0 unspecified atom stereocenters. The van der Waals surface area contributed by atoms with Crippen LogP contribution in [-0.2, 0) is 20.8 Å². The number of anilines is 1. The number of nitrogens with zero attached hydrogens (tertiary/aromatic N) is 4. The lowest BCUT2D eigenvalue weighted by molar-refractivity contribution is 0.0320. The second-order valence-electron chi connectivity index (χ2n) is 9.11. The molecule has 0 N–H and O–H groups in total. The molecule has 0 aliphatic carbocycles. The van der Waals surface area contributed by atoms with Crippen molar-refractivity contribution in [1.82, 2.24) is 9.88 Å². The summed E-state index contributed by atoms with van der Waals surface area (Å²) < 4.78 is 22.3. The van der Waals surface area contributed by atoms with Crippen LogP contribution in [0.2, 0.25) is 0 Å². The number of carbonyl (C=O) groups excluding carboxylic acids is 1. The minimum atomic E-state index is -0.334. The van der Waals surface area contributed by atoms with Crippen LogP contribution in [0.5, 0.6) is 5.88 Å². The van der Waals surface area contributed by atoms with E-state index in [2.05, 4.69) is 20.9 Å². The van der Waals surface area contributed by atoms with Crippen molar-refractivity contribution in [3.63, 3.8) is 0 Å². The van der Waals surface area contributed by atoms with Gasteiger partial charge in [0.05, 0.1) is 50.3 Å². The summed E-state index contributed by atoms with van der Waals surface area (Å²) in [5.74, 6) is 0.273. The SMILES string of the molecule is CC(C)OC(=O)c1cccc(C=NCc2cc(N3CCOCC3)cc(OCCN3CCOCC3)n2)c1. The average Bonchev–Trinajstić information content (AvgIpc) is 2.89. The highest BCUT2D eigenvalue weighted by atomic mass is 16.5. The molecule has 0 saturated carbocycles. The number of carbonyl (C=O) groups is 1. The Hall–Kier alpha value is -3.01. The summed E-state index contributed by atoms with van der Waals surface area (Å²) in [5.41, 5.74) is 3.24. The van der Waals surface area contributed by atoms with Gasteiger partial charge in [-0.3, -0.25) is 9.89 Å². The highest BCUT2D eigenvalue weighted by Gasteiger charge is 2.15. The predicted molar refractivity (Wildman–Crippen MR) is 138 cm³/mol. The van der Waals surface area contributed by atoms with E-state index < -0.39 is 0 Å². The molecule has 0 radical (unpaired) electrons. The molecular weight excluding hydrogens is 460 g/mol. The molecule has 0 atom stereocenters. The van der Waals surface area contributed by atoms with Crippen LogP contribution >= 0.6 is 0 Å². The van der Waals surface area contributed by atoms with Gasteiger partial charge in [-0.25, -0.2) is 9.78 Å². The van der Waals surface area contributed by atoms with Gasteiger partial charge in [-0.05, 0) is 37.6 Å². The summed E-state index contributed by atoms with van der Waals surface area (Å²) in [6.45, 7) is 12.0. The minimum absolute atomic E-state index is 0.162. The van der Waals surface area contributed by atoms with Crippen molar-refractivity contribution in [2.45, 2.75) is 26.5 Å². The summed E-state index contributed by atoms with van der Waals surface area (Å²) in [7, 11) is 0. The zero-order chi connectivity index (χ0) is 25.2. The third-order valence-electron chi connectivity index (χ3n) is 5.94. The van der Waals surface area contributed by atoms with E-state index in [-0.39, 0.29) is 12.1 Å². The number of morpholine rings is 2. The first kappa shape index (κ1) is 26.1. The zero-order valence-electron chi connectivity index (χ0n) is 21.2. The Balaban J connectivity index is 1.42. The maximum atomic E-state index is 12.2. The Kier molecular flexibility index (Phi) is 9.66. The molecule has 2 fully saturated rings. The molecule has 4 rings (SSSR count). The molecule has 0 amide bonds. The summed E-state index contributed by atoms with van der Waals surface area (Å²) in [6.07, 6.45) is 1.60. The normalized spacial score (nSPS) is 17.0. The van der Waals surface area contributed by atoms with Gasteiger partial charge in [0.15, 0.2) is 0 Å². The first-order valence-electron chi connectivity index (χ1n) is 12.6. The van der Waals surface area contributed by atoms with Crippen molar-refractivity contribution in [2.24, 2.45) is 4.99 Å². The second-order valence-corrected chi connectivity index (χ2v) is 9.11. The van der Waals surface area contributed by atoms with E-state index in [1.807, 2.05) is 32.0 Å². The lowest BCUT2D eigenvalue weighted by Gasteiger charge is -2.29. The molecule has 2 aliphatic heterocycles. The fraction of sp³-hybridized carbons (Fsp3) is 0.519. The van der Waals surface area contributed by atoms with Crippen LogP contribution in [0.4, 0.5) is 5.69 Å². The van der Waals surface area contributed by atoms with E-state index in [0.29, 0.717) is 37.8 Å². The quantitative estimate of drug-likeness (QED) is 0.367. The average molecular weight is 497 g/mol. The summed E-state index contributed by atoms with van der Waals surface area (Å²) in [6, 6.07) is 11.3. The van der Waals surface area contributed by atoms with Gasteiger partial charge in [0, 0.05) is 50.7 Å². The number of rotatable bonds is 10. The van der Waals surface area contributed by atoms with Crippen molar-refractivity contribution in [3.8, 4) is 5.88 Å². The molecule has 36 heavy (non-hydrogen) atoms. The van der Waals surface area contributed by atoms with E-state index in [1.165, 1.54) is 0 Å². The highest BCUT2D eigenvalue weighted by molar-refractivity contribution is 5.92. The number of aliphatic imine (C=N–C) groups is 1. The third-order valence-corrected chi connectivity index (χ3v) is 5.94. The molecule has 1 aromatic carbocycles. The Bertz CT molecular complexity index is 1020. The number of ether oxygens (including phenoxy) is 4. The molecule has 2 aromatic rings. The van der Waals surface area contributed by atoms with Crippen LogP contribution in [0, 0.1) is 0 Å². The van der Waals surface area contributed by atoms with Crippen LogP contribution in [0.25, 0.3) is 0 Å². The van der Waals surface area contributed by atoms with Crippen LogP contribution < -0.4 is 9.64 Å². The lowest BCUT2D eigenvalue weighted by atomic mass is 10.1. The molecule has 0 bridgehead atoms. The Labute approximate surface area is 213 Å². The van der Waals surface area contributed by atoms with Gasteiger partial charge in [0.1, 0.15) is 6.61 Å². The largest absolute Gasteiger partial charge is 0.476 e. The van der Waals surface area contributed by atoms with E-state index in [9.17, 15) is 4.79 Å². The molecule has 2 aliphatic rings. The van der Waals surface area contributed by atoms with Crippen LogP contribution in [0.1, 0.15) is 35.5 Å². The van der Waals surface area contributed by atoms with Gasteiger partial charge >= 0.3 is 5.97 Å². The van der Waals surface area contributed by atoms with Crippen molar-refractivity contribution in [3.05, 3.63) is 53.2 Å². The summed E-state index contributed by atoms with van der Waals surface area (Å²) in [5, 5.41) is 0. The van der Waals surface area contributed by atoms with E-state index >= 15 is 0 Å². The number of aromatic nitrogens is 1. The smallest absolute Gasteiger partial charge is 0.338 e. The molecule has 2 saturated heterocycles. The number of benzene rings is 1. The van der Waals surface area contributed by atoms with E-state index in [1.54, 1.807) is 18.3 Å². The van der Waals surface area contributed by atoms with Crippen molar-refractivity contribution >= 4 is 17.9 Å². The Morgan fingerprint density at radius 1 is 1.08 bits per heavy atom. The number of pyridine rings is 1. The maximum absolute atomic E-state index is 12.2. The highest BCUT2D eigenvalue weighted by Crippen LogP contribution is 2.23. The minimum Gasteiger partial charge on any atom is -0.476 e. The molecule has 1 aromatic heterocycles. The summed E-state index contributed by atoms with van der Waals surface area (Å²) in [4.78, 5) is 26.1. The lowest BCUT2D eigenvalue weighted by Crippen LogP contribution is -2.38. The molecule has 3 heterocycles. The molecule has 194 valence electrons. The standard InChI is InChI=1S/C27H36N4O5/c1-21(2)36-27(32)23-5-3-4-22(16-23)19-28-20-24-17-25(31-9-13-34-14-10-31)18-26(29-24)35-15-8-30-6-11-33-12-7-30/h3-5,16-19,21H,6-15,20H2,1-2H3. The molecule has 9 nitrogen and oxygen atoms in total. The second kappa shape index (κ2) is 13.3. The summed E-state index contributed by atoms with van der Waals surface area (Å²) >= 11 is 0. The fourth-order valence-corrected chi connectivity index (χ4v) is 4.08. The fourth-order valence-electron chi connectivity index (χ4n) is 4.08. The van der Waals surface area contributed by atoms with Gasteiger partial charge < -0.3 is 23.8 Å². The van der Waals surface area contributed by atoms with Gasteiger partial charge in [0.25, 0.3) is 0 Å². The van der Waals surface area contributed by atoms with E-state index in [4.69, 9.17) is 23.9 Å². The molecule has 0 spiro atoms. The maximum Gasteiger partial charge on any atom is 0.338 e. The predicted octanol–water partition coefficient (Wildman–Crippen LogP) is 2.81. The third kappa shape index (κ3) is 8.01. The van der Waals surface area contributed by atoms with E-state index in [0.717, 1.165) is 62.9 Å². The van der Waals surface area contributed by atoms with Crippen LogP contribution in [-0.4, -0.2) is 93.9 Å². The Morgan fingerprint density at radius 2 is 1.83 bits per heavy atom. The number of esters is 1. The van der Waals surface area contributed by atoms with Crippen LogP contribution in [0.15, 0.2) is 41.4 Å². The van der Waals surface area contributed by atoms with Gasteiger partial charge in [-0.2, -0.15) is 0 Å². The topological polar surface area (TPSA) is 85.7 Å². The van der Waals surface area contributed by atoms with Crippen molar-refractivity contribution < 1.29 is 23.7 Å². The van der Waals surface area contributed by atoms with Gasteiger partial charge in [-0.1, -0.05) is 12.1 Å². The van der Waals surface area contributed by atoms with Gasteiger partial charge in [-0.15, -0.1) is 0 Å². The monoisotopic (exact) mass is 496 g/mol. The van der Waals surface area contributed by atoms with Crippen molar-refractivity contribution in [1.29, 1.82) is 0 Å². The number of hydrogen-bond acceptors (Lipinski definition) is 9.